The molecule has 3 aromatic heterocycles. The maximum atomic E-state index is 12.5. The van der Waals surface area contributed by atoms with Crippen molar-refractivity contribution in [1.82, 2.24) is 24.9 Å². The van der Waals surface area contributed by atoms with Crippen molar-refractivity contribution in [2.24, 2.45) is 0 Å². The van der Waals surface area contributed by atoms with Crippen molar-refractivity contribution in [1.29, 1.82) is 0 Å². The molecule has 11 heteroatoms. The zero-order valence-electron chi connectivity index (χ0n) is 13.9. The first-order valence-corrected chi connectivity index (χ1v) is 8.75. The lowest BCUT2D eigenvalue weighted by molar-refractivity contribution is -0.385. The van der Waals surface area contributed by atoms with Gasteiger partial charge in [-0.2, -0.15) is 5.10 Å². The molecule has 0 fully saturated rings. The van der Waals surface area contributed by atoms with Gasteiger partial charge < -0.3 is 9.32 Å². The topological polar surface area (TPSA) is 120 Å². The number of nitrogens with zero attached hydrogens (tertiary/aromatic N) is 6. The summed E-state index contributed by atoms with van der Waals surface area (Å²) in [6.07, 6.45) is 3.09. The predicted octanol–water partition coefficient (Wildman–Crippen LogP) is 2.34. The van der Waals surface area contributed by atoms with Crippen LogP contribution in [-0.2, 0) is 17.9 Å². The molecule has 0 aliphatic rings. The Hall–Kier alpha value is -3.08. The molecule has 0 N–H and O–H groups in total. The smallest absolute Gasteiger partial charge is 0.307 e. The number of amides is 1. The second kappa shape index (κ2) is 7.87. The SMILES string of the molecule is CCCN(Cc1nnc(-c2cccs2)o1)C(=O)Cn1cc([N+](=O)[O-])cn1. The fourth-order valence-electron chi connectivity index (χ4n) is 2.31. The van der Waals surface area contributed by atoms with Gasteiger partial charge in [-0.15, -0.1) is 21.5 Å². The lowest BCUT2D eigenvalue weighted by Gasteiger charge is -2.20. The quantitative estimate of drug-likeness (QED) is 0.437. The third kappa shape index (κ3) is 4.11. The van der Waals surface area contributed by atoms with Gasteiger partial charge in [-0.25, -0.2) is 0 Å². The summed E-state index contributed by atoms with van der Waals surface area (Å²) in [6, 6.07) is 3.77. The van der Waals surface area contributed by atoms with E-state index in [0.717, 1.165) is 17.5 Å². The van der Waals surface area contributed by atoms with Crippen LogP contribution in [0.5, 0.6) is 0 Å². The highest BCUT2D eigenvalue weighted by atomic mass is 32.1. The van der Waals surface area contributed by atoms with Crippen LogP contribution >= 0.6 is 11.3 Å². The maximum absolute atomic E-state index is 12.5. The first-order chi connectivity index (χ1) is 12.6. The van der Waals surface area contributed by atoms with Crippen molar-refractivity contribution in [2.45, 2.75) is 26.4 Å². The van der Waals surface area contributed by atoms with Gasteiger partial charge in [0.2, 0.25) is 11.8 Å². The molecule has 0 saturated heterocycles. The van der Waals surface area contributed by atoms with E-state index in [9.17, 15) is 14.9 Å². The second-order valence-corrected chi connectivity index (χ2v) is 6.39. The number of nitro groups is 1. The molecule has 0 radical (unpaired) electrons. The Bertz CT molecular complexity index is 888. The van der Waals surface area contributed by atoms with E-state index in [4.69, 9.17) is 4.42 Å². The molecule has 3 rings (SSSR count). The van der Waals surface area contributed by atoms with Crippen molar-refractivity contribution < 1.29 is 14.1 Å². The highest BCUT2D eigenvalue weighted by molar-refractivity contribution is 7.13. The molecule has 1 amide bonds. The van der Waals surface area contributed by atoms with E-state index in [2.05, 4.69) is 15.3 Å². The molecule has 0 aliphatic heterocycles. The van der Waals surface area contributed by atoms with E-state index in [1.54, 1.807) is 4.90 Å². The summed E-state index contributed by atoms with van der Waals surface area (Å²) < 4.78 is 6.87. The van der Waals surface area contributed by atoms with E-state index in [-0.39, 0.29) is 24.7 Å². The van der Waals surface area contributed by atoms with Crippen LogP contribution in [0.25, 0.3) is 10.8 Å². The van der Waals surface area contributed by atoms with Gasteiger partial charge in [-0.3, -0.25) is 19.6 Å². The van der Waals surface area contributed by atoms with Crippen LogP contribution in [0.2, 0.25) is 0 Å². The first kappa shape index (κ1) is 17.7. The van der Waals surface area contributed by atoms with Crippen LogP contribution in [0, 0.1) is 10.1 Å². The molecule has 0 spiro atoms. The summed E-state index contributed by atoms with van der Waals surface area (Å²) in [5.74, 6) is 0.518. The summed E-state index contributed by atoms with van der Waals surface area (Å²) in [4.78, 5) is 25.1. The number of hydrogen-bond acceptors (Lipinski definition) is 8. The summed E-state index contributed by atoms with van der Waals surface area (Å²) in [5, 5.41) is 24.5. The molecule has 10 nitrogen and oxygen atoms in total. The molecular weight excluding hydrogens is 360 g/mol. The fourth-order valence-corrected chi connectivity index (χ4v) is 2.96. The fraction of sp³-hybridized carbons (Fsp3) is 0.333. The number of rotatable bonds is 8. The minimum Gasteiger partial charge on any atom is -0.418 e. The van der Waals surface area contributed by atoms with Crippen LogP contribution in [0.3, 0.4) is 0 Å². The molecule has 3 heterocycles. The van der Waals surface area contributed by atoms with E-state index in [1.165, 1.54) is 22.2 Å². The third-order valence-corrected chi connectivity index (χ3v) is 4.36. The van der Waals surface area contributed by atoms with Gasteiger partial charge in [0, 0.05) is 6.54 Å². The Morgan fingerprint density at radius 3 is 2.96 bits per heavy atom. The average Bonchev–Trinajstić information content (AvgIpc) is 3.35. The van der Waals surface area contributed by atoms with E-state index < -0.39 is 4.92 Å². The Labute approximate surface area is 152 Å². The Kier molecular flexibility index (Phi) is 5.37. The van der Waals surface area contributed by atoms with Crippen molar-refractivity contribution in [3.63, 3.8) is 0 Å². The van der Waals surface area contributed by atoms with Gasteiger partial charge in [0.05, 0.1) is 16.3 Å². The average molecular weight is 376 g/mol. The highest BCUT2D eigenvalue weighted by Gasteiger charge is 2.19. The zero-order valence-corrected chi connectivity index (χ0v) is 14.8. The van der Waals surface area contributed by atoms with Crippen molar-refractivity contribution in [3.05, 3.63) is 45.9 Å². The highest BCUT2D eigenvalue weighted by Crippen LogP contribution is 2.23. The monoisotopic (exact) mass is 376 g/mol. The number of carbonyl (C=O) groups is 1. The largest absolute Gasteiger partial charge is 0.418 e. The Morgan fingerprint density at radius 1 is 1.46 bits per heavy atom. The number of carbonyl (C=O) groups excluding carboxylic acids is 1. The Balaban J connectivity index is 1.67. The Morgan fingerprint density at radius 2 is 2.31 bits per heavy atom. The lowest BCUT2D eigenvalue weighted by Crippen LogP contribution is -2.34. The van der Waals surface area contributed by atoms with Gasteiger partial charge in [-0.1, -0.05) is 13.0 Å². The number of hydrogen-bond donors (Lipinski definition) is 0. The molecule has 3 aromatic rings. The first-order valence-electron chi connectivity index (χ1n) is 7.87. The van der Waals surface area contributed by atoms with Crippen LogP contribution in [-0.4, -0.2) is 42.3 Å². The summed E-state index contributed by atoms with van der Waals surface area (Å²) in [6.45, 7) is 2.52. The maximum Gasteiger partial charge on any atom is 0.307 e. The zero-order chi connectivity index (χ0) is 18.5. The molecule has 0 saturated carbocycles. The normalized spacial score (nSPS) is 10.8. The third-order valence-electron chi connectivity index (χ3n) is 3.50. The van der Waals surface area contributed by atoms with Crippen molar-refractivity contribution in [3.8, 4) is 10.8 Å². The molecule has 0 bridgehead atoms. The summed E-state index contributed by atoms with van der Waals surface area (Å²) >= 11 is 1.49. The van der Waals surface area contributed by atoms with Crippen LogP contribution in [0.15, 0.2) is 34.3 Å². The number of thiophene rings is 1. The minimum atomic E-state index is -0.553. The minimum absolute atomic E-state index is 0.0975. The van der Waals surface area contributed by atoms with Crippen LogP contribution < -0.4 is 0 Å². The van der Waals surface area contributed by atoms with Gasteiger partial charge in [0.25, 0.3) is 5.89 Å². The molecule has 26 heavy (non-hydrogen) atoms. The molecular formula is C15H16N6O4S. The van der Waals surface area contributed by atoms with E-state index >= 15 is 0 Å². The molecule has 0 unspecified atom stereocenters. The van der Waals surface area contributed by atoms with Crippen molar-refractivity contribution in [2.75, 3.05) is 6.54 Å². The van der Waals surface area contributed by atoms with Crippen molar-refractivity contribution >= 4 is 22.9 Å². The van der Waals surface area contributed by atoms with E-state index in [0.29, 0.717) is 18.3 Å². The number of aromatic nitrogens is 4. The standard InChI is InChI=1S/C15H16N6O4S/c1-2-5-19(14(22)10-20-8-11(7-16-20)21(23)24)9-13-17-18-15(25-13)12-4-3-6-26-12/h3-4,6-8H,2,5,9-10H2,1H3. The summed E-state index contributed by atoms with van der Waals surface area (Å²) in [7, 11) is 0. The summed E-state index contributed by atoms with van der Waals surface area (Å²) in [5.41, 5.74) is -0.155. The predicted molar refractivity (Wildman–Crippen MR) is 92.2 cm³/mol. The van der Waals surface area contributed by atoms with Crippen LogP contribution in [0.1, 0.15) is 19.2 Å². The molecule has 0 aromatic carbocycles. The molecule has 0 atom stereocenters. The van der Waals surface area contributed by atoms with Crippen LogP contribution in [0.4, 0.5) is 5.69 Å². The second-order valence-electron chi connectivity index (χ2n) is 5.45. The van der Waals surface area contributed by atoms with Gasteiger partial charge >= 0.3 is 5.69 Å². The lowest BCUT2D eigenvalue weighted by atomic mass is 10.3. The molecule has 136 valence electrons. The van der Waals surface area contributed by atoms with Gasteiger partial charge in [0.1, 0.15) is 18.9 Å². The molecule has 0 aliphatic carbocycles. The van der Waals surface area contributed by atoms with Gasteiger partial charge in [-0.05, 0) is 17.9 Å². The van der Waals surface area contributed by atoms with Gasteiger partial charge in [0.15, 0.2) is 0 Å². The van der Waals surface area contributed by atoms with E-state index in [1.807, 2.05) is 24.4 Å².